The molecule has 0 amide bonds. The van der Waals surface area contributed by atoms with Crippen molar-refractivity contribution in [3.05, 3.63) is 64.7 Å². The molecule has 0 aliphatic heterocycles. The van der Waals surface area contributed by atoms with Gasteiger partial charge in [-0.3, -0.25) is 0 Å². The number of nitrogens with two attached hydrogens (primary N) is 1. The molecule has 0 unspecified atom stereocenters. The standard InChI is InChI=1S/C21H25N3O3.2ClH/c1-26-19-9-8-16(14-20(19)27-2)10-12-22-11-5-13-24-15-23-18-7-4-3-6-17(18)21(24)25;;/h3-4,6-9,14-15,22H,5,10-13H2,1-2H3;2*1H. The molecule has 3 aromatic rings. The lowest BCUT2D eigenvalue weighted by atomic mass is 10.1. The zero-order valence-electron chi connectivity index (χ0n) is 16.7. The molecule has 3 rings (SSSR count). The second-order valence-electron chi connectivity index (χ2n) is 6.48. The van der Waals surface area contributed by atoms with Gasteiger partial charge in [0.2, 0.25) is 6.33 Å². The van der Waals surface area contributed by atoms with E-state index in [-0.39, 0.29) is 30.4 Å². The zero-order chi connectivity index (χ0) is 19.1. The van der Waals surface area contributed by atoms with E-state index in [1.807, 2.05) is 36.4 Å². The molecule has 0 atom stereocenters. The van der Waals surface area contributed by atoms with Crippen LogP contribution in [0.25, 0.3) is 10.9 Å². The smallest absolute Gasteiger partial charge is 0.345 e. The average Bonchev–Trinajstić information content (AvgIpc) is 2.72. The number of aryl methyl sites for hydroxylation is 1. The molecule has 0 radical (unpaired) electrons. The van der Waals surface area contributed by atoms with Gasteiger partial charge in [0, 0.05) is 12.8 Å². The number of rotatable bonds is 9. The number of hydrogen-bond donors (Lipinski definition) is 1. The lowest BCUT2D eigenvalue weighted by Gasteiger charge is -2.09. The maximum absolute atomic E-state index is 12.5. The molecule has 0 saturated heterocycles. The molecular formula is C21H27Cl2N3O3. The van der Waals surface area contributed by atoms with Crippen LogP contribution in [0.2, 0.25) is 0 Å². The predicted molar refractivity (Wildman–Crippen MR) is 104 cm³/mol. The van der Waals surface area contributed by atoms with Crippen molar-refractivity contribution in [1.82, 2.24) is 4.57 Å². The normalized spacial score (nSPS) is 10.1. The zero-order valence-corrected chi connectivity index (χ0v) is 18.2. The Hall–Kier alpha value is -2.28. The highest BCUT2D eigenvalue weighted by molar-refractivity contribution is 5.73. The van der Waals surface area contributed by atoms with E-state index < -0.39 is 0 Å². The highest BCUT2D eigenvalue weighted by Crippen LogP contribution is 2.27. The highest BCUT2D eigenvalue weighted by Gasteiger charge is 2.09. The van der Waals surface area contributed by atoms with Crippen LogP contribution in [-0.2, 0) is 13.0 Å². The number of ether oxygens (including phenoxy) is 2. The summed E-state index contributed by atoms with van der Waals surface area (Å²) in [4.78, 5) is 15.6. The SMILES string of the molecule is COc1ccc(CC[NH2+]CCCn2c[nH+]c3ccccc3c2=O)cc1OC.[Cl-].[Cl-]. The van der Waals surface area contributed by atoms with Gasteiger partial charge in [-0.05, 0) is 29.8 Å². The number of para-hydroxylation sites is 1. The molecule has 2 aromatic carbocycles. The Morgan fingerprint density at radius 1 is 1.00 bits per heavy atom. The number of aromatic nitrogens is 2. The van der Waals surface area contributed by atoms with Crippen LogP contribution in [0.4, 0.5) is 0 Å². The van der Waals surface area contributed by atoms with E-state index in [0.717, 1.165) is 48.3 Å². The van der Waals surface area contributed by atoms with Gasteiger partial charge < -0.3 is 39.6 Å². The fourth-order valence-electron chi connectivity index (χ4n) is 3.18. The van der Waals surface area contributed by atoms with Crippen LogP contribution in [0.15, 0.2) is 53.6 Å². The fourth-order valence-corrected chi connectivity index (χ4v) is 3.18. The largest absolute Gasteiger partial charge is 1.00 e. The number of hydrogen-bond acceptors (Lipinski definition) is 3. The minimum Gasteiger partial charge on any atom is -1.00 e. The van der Waals surface area contributed by atoms with Crippen molar-refractivity contribution in [2.24, 2.45) is 0 Å². The Balaban J connectivity index is 0.00000210. The van der Waals surface area contributed by atoms with E-state index in [4.69, 9.17) is 9.47 Å². The van der Waals surface area contributed by atoms with Gasteiger partial charge in [0.25, 0.3) is 0 Å². The summed E-state index contributed by atoms with van der Waals surface area (Å²) in [5, 5.41) is 3.02. The summed E-state index contributed by atoms with van der Waals surface area (Å²) >= 11 is 0. The van der Waals surface area contributed by atoms with E-state index in [1.54, 1.807) is 25.1 Å². The van der Waals surface area contributed by atoms with Crippen LogP contribution in [0, 0.1) is 0 Å². The first-order valence-corrected chi connectivity index (χ1v) is 9.25. The first-order chi connectivity index (χ1) is 13.2. The summed E-state index contributed by atoms with van der Waals surface area (Å²) in [5.74, 6) is 1.52. The number of fused-ring (bicyclic) bond motifs is 1. The Labute approximate surface area is 183 Å². The lowest BCUT2D eigenvalue weighted by molar-refractivity contribution is -0.654. The summed E-state index contributed by atoms with van der Waals surface area (Å²) in [7, 11) is 3.30. The van der Waals surface area contributed by atoms with Gasteiger partial charge in [0.1, 0.15) is 10.9 Å². The van der Waals surface area contributed by atoms with Gasteiger partial charge in [0.15, 0.2) is 11.5 Å². The third-order valence-electron chi connectivity index (χ3n) is 4.69. The molecule has 8 heteroatoms. The minimum atomic E-state index is 0. The number of quaternary nitrogens is 1. The van der Waals surface area contributed by atoms with Gasteiger partial charge in [-0.1, -0.05) is 18.2 Å². The van der Waals surface area contributed by atoms with Crippen LogP contribution in [-0.4, -0.2) is 31.9 Å². The molecule has 1 heterocycles. The number of aromatic amines is 1. The quantitative estimate of drug-likeness (QED) is 0.339. The van der Waals surface area contributed by atoms with Gasteiger partial charge in [0.05, 0.1) is 33.9 Å². The minimum absolute atomic E-state index is 0. The number of H-pyrrole nitrogens is 1. The van der Waals surface area contributed by atoms with E-state index in [9.17, 15) is 4.79 Å². The Bertz CT molecular complexity index is 963. The molecule has 3 N–H and O–H groups in total. The molecule has 0 saturated carbocycles. The molecule has 6 nitrogen and oxygen atoms in total. The average molecular weight is 440 g/mol. The summed E-state index contributed by atoms with van der Waals surface area (Å²) < 4.78 is 12.4. The molecule has 0 bridgehead atoms. The Morgan fingerprint density at radius 2 is 1.76 bits per heavy atom. The lowest BCUT2D eigenvalue weighted by Crippen LogP contribution is -3.00. The third-order valence-corrected chi connectivity index (χ3v) is 4.69. The summed E-state index contributed by atoms with van der Waals surface area (Å²) in [6.45, 7) is 2.69. The van der Waals surface area contributed by atoms with Gasteiger partial charge >= 0.3 is 5.56 Å². The van der Waals surface area contributed by atoms with Crippen molar-refractivity contribution < 1.29 is 44.6 Å². The molecule has 0 aliphatic rings. The van der Waals surface area contributed by atoms with Gasteiger partial charge in [-0.25, -0.2) is 9.78 Å². The molecule has 158 valence electrons. The summed E-state index contributed by atoms with van der Waals surface area (Å²) in [5.41, 5.74) is 2.17. The first-order valence-electron chi connectivity index (χ1n) is 9.25. The van der Waals surface area contributed by atoms with Crippen LogP contribution in [0.3, 0.4) is 0 Å². The number of benzene rings is 2. The second kappa shape index (κ2) is 12.3. The van der Waals surface area contributed by atoms with Crippen molar-refractivity contribution >= 4 is 10.9 Å². The number of halogens is 2. The topological polar surface area (TPSA) is 71.2 Å². The van der Waals surface area contributed by atoms with Crippen molar-refractivity contribution in [2.45, 2.75) is 19.4 Å². The third kappa shape index (κ3) is 6.35. The van der Waals surface area contributed by atoms with Crippen molar-refractivity contribution in [1.29, 1.82) is 0 Å². The van der Waals surface area contributed by atoms with E-state index >= 15 is 0 Å². The van der Waals surface area contributed by atoms with Crippen LogP contribution < -0.4 is 50.1 Å². The molecule has 29 heavy (non-hydrogen) atoms. The molecule has 0 spiro atoms. The number of nitrogens with zero attached hydrogens (tertiary/aromatic N) is 1. The van der Waals surface area contributed by atoms with Crippen LogP contribution >= 0.6 is 0 Å². The number of methoxy groups -OCH3 is 2. The molecule has 0 fully saturated rings. The van der Waals surface area contributed by atoms with Gasteiger partial charge in [-0.2, -0.15) is 4.57 Å². The van der Waals surface area contributed by atoms with Crippen LogP contribution in [0.5, 0.6) is 11.5 Å². The maximum Gasteiger partial charge on any atom is 0.345 e. The van der Waals surface area contributed by atoms with Crippen LogP contribution in [0.1, 0.15) is 12.0 Å². The van der Waals surface area contributed by atoms with Gasteiger partial charge in [-0.15, -0.1) is 0 Å². The molecular weight excluding hydrogens is 413 g/mol. The first kappa shape index (κ1) is 24.8. The van der Waals surface area contributed by atoms with E-state index in [1.165, 1.54) is 5.56 Å². The highest BCUT2D eigenvalue weighted by atomic mass is 35.5. The Kier molecular flexibility index (Phi) is 10.5. The second-order valence-corrected chi connectivity index (χ2v) is 6.48. The molecule has 1 aromatic heterocycles. The van der Waals surface area contributed by atoms with Crippen molar-refractivity contribution in [3.8, 4) is 11.5 Å². The summed E-state index contributed by atoms with van der Waals surface area (Å²) in [6.07, 6.45) is 3.68. The predicted octanol–water partition coefficient (Wildman–Crippen LogP) is -4.96. The Morgan fingerprint density at radius 3 is 2.52 bits per heavy atom. The maximum atomic E-state index is 12.5. The van der Waals surface area contributed by atoms with Crippen molar-refractivity contribution in [3.63, 3.8) is 0 Å². The van der Waals surface area contributed by atoms with E-state index in [2.05, 4.69) is 16.4 Å². The summed E-state index contributed by atoms with van der Waals surface area (Å²) in [6, 6.07) is 13.6. The fraction of sp³-hybridized carbons (Fsp3) is 0.333. The van der Waals surface area contributed by atoms with E-state index in [0.29, 0.717) is 6.54 Å². The number of nitrogens with one attached hydrogen (secondary N) is 1. The van der Waals surface area contributed by atoms with Crippen molar-refractivity contribution in [2.75, 3.05) is 27.3 Å². The monoisotopic (exact) mass is 439 g/mol. The molecule has 0 aliphatic carbocycles.